The first-order chi connectivity index (χ1) is 5.36. The second-order valence-electron chi connectivity index (χ2n) is 2.95. The standard InChI is InChI=1S/C8H12N2O/c11-8-4-3-7(10-8)6-2-1-5-9-6/h3-4,6,9-11H,1-2,5H2. The molecule has 0 bridgehead atoms. The van der Waals surface area contributed by atoms with Crippen molar-refractivity contribution in [3.8, 4) is 5.88 Å². The molecule has 1 aliphatic rings. The minimum absolute atomic E-state index is 0.258. The van der Waals surface area contributed by atoms with Crippen molar-refractivity contribution in [2.45, 2.75) is 18.9 Å². The van der Waals surface area contributed by atoms with Crippen LogP contribution < -0.4 is 5.32 Å². The highest BCUT2D eigenvalue weighted by Gasteiger charge is 2.16. The fraction of sp³-hybridized carbons (Fsp3) is 0.500. The van der Waals surface area contributed by atoms with Gasteiger partial charge in [0.15, 0.2) is 5.88 Å². The zero-order valence-electron chi connectivity index (χ0n) is 6.30. The summed E-state index contributed by atoms with van der Waals surface area (Å²) in [5, 5.41) is 12.4. The molecule has 1 aliphatic heterocycles. The summed E-state index contributed by atoms with van der Waals surface area (Å²) in [5.74, 6) is 0.258. The maximum absolute atomic E-state index is 9.03. The van der Waals surface area contributed by atoms with Gasteiger partial charge < -0.3 is 15.4 Å². The number of aromatic amines is 1. The molecule has 3 nitrogen and oxygen atoms in total. The van der Waals surface area contributed by atoms with E-state index in [0.717, 1.165) is 12.2 Å². The first-order valence-corrected chi connectivity index (χ1v) is 3.97. The number of rotatable bonds is 1. The van der Waals surface area contributed by atoms with Crippen LogP contribution in [0.3, 0.4) is 0 Å². The maximum atomic E-state index is 9.03. The maximum Gasteiger partial charge on any atom is 0.188 e. The SMILES string of the molecule is Oc1ccc(C2CCCN2)[nH]1. The summed E-state index contributed by atoms with van der Waals surface area (Å²) in [6.45, 7) is 1.09. The molecule has 0 radical (unpaired) electrons. The summed E-state index contributed by atoms with van der Waals surface area (Å²) in [6.07, 6.45) is 2.39. The number of hydrogen-bond donors (Lipinski definition) is 3. The van der Waals surface area contributed by atoms with Gasteiger partial charge in [0.05, 0.1) is 0 Å². The van der Waals surface area contributed by atoms with Crippen molar-refractivity contribution in [3.63, 3.8) is 0 Å². The van der Waals surface area contributed by atoms with Crippen LogP contribution in [0.1, 0.15) is 24.6 Å². The minimum atomic E-state index is 0.258. The molecule has 0 spiro atoms. The van der Waals surface area contributed by atoms with Gasteiger partial charge in [-0.25, -0.2) is 0 Å². The summed E-state index contributed by atoms with van der Waals surface area (Å²) in [4.78, 5) is 2.91. The molecule has 1 aromatic heterocycles. The summed E-state index contributed by atoms with van der Waals surface area (Å²) < 4.78 is 0. The van der Waals surface area contributed by atoms with E-state index in [-0.39, 0.29) is 5.88 Å². The Labute approximate surface area is 65.4 Å². The molecule has 3 N–H and O–H groups in total. The summed E-state index contributed by atoms with van der Waals surface area (Å²) >= 11 is 0. The van der Waals surface area contributed by atoms with Crippen molar-refractivity contribution < 1.29 is 5.11 Å². The van der Waals surface area contributed by atoms with E-state index < -0.39 is 0 Å². The van der Waals surface area contributed by atoms with E-state index in [2.05, 4.69) is 10.3 Å². The van der Waals surface area contributed by atoms with Gasteiger partial charge in [0, 0.05) is 11.7 Å². The Bertz CT molecular complexity index is 238. The van der Waals surface area contributed by atoms with Gasteiger partial charge in [0.2, 0.25) is 0 Å². The molecule has 11 heavy (non-hydrogen) atoms. The highest BCUT2D eigenvalue weighted by Crippen LogP contribution is 2.23. The average Bonchev–Trinajstić information content (AvgIpc) is 2.55. The van der Waals surface area contributed by atoms with Gasteiger partial charge in [0.1, 0.15) is 0 Å². The van der Waals surface area contributed by atoms with Crippen LogP contribution in [0.15, 0.2) is 12.1 Å². The Morgan fingerprint density at radius 1 is 1.45 bits per heavy atom. The Balaban J connectivity index is 2.15. The fourth-order valence-electron chi connectivity index (χ4n) is 1.55. The van der Waals surface area contributed by atoms with E-state index in [1.807, 2.05) is 6.07 Å². The molecular formula is C8H12N2O. The Morgan fingerprint density at radius 3 is 2.91 bits per heavy atom. The second kappa shape index (κ2) is 2.58. The zero-order valence-corrected chi connectivity index (χ0v) is 6.30. The molecular weight excluding hydrogens is 140 g/mol. The monoisotopic (exact) mass is 152 g/mol. The van der Waals surface area contributed by atoms with E-state index in [1.165, 1.54) is 12.8 Å². The third kappa shape index (κ3) is 1.24. The third-order valence-corrected chi connectivity index (χ3v) is 2.13. The van der Waals surface area contributed by atoms with Crippen molar-refractivity contribution in [2.24, 2.45) is 0 Å². The first kappa shape index (κ1) is 6.73. The molecule has 2 heterocycles. The summed E-state index contributed by atoms with van der Waals surface area (Å²) in [6, 6.07) is 4.05. The average molecular weight is 152 g/mol. The van der Waals surface area contributed by atoms with Crippen LogP contribution in [-0.4, -0.2) is 16.6 Å². The number of aromatic hydroxyl groups is 1. The Hall–Kier alpha value is -0.960. The predicted octanol–water partition coefficient (Wildman–Crippen LogP) is 1.14. The van der Waals surface area contributed by atoms with Crippen molar-refractivity contribution in [1.29, 1.82) is 0 Å². The van der Waals surface area contributed by atoms with Crippen LogP contribution >= 0.6 is 0 Å². The van der Waals surface area contributed by atoms with Gasteiger partial charge in [-0.15, -0.1) is 0 Å². The predicted molar refractivity (Wildman–Crippen MR) is 42.4 cm³/mol. The molecule has 1 unspecified atom stereocenters. The van der Waals surface area contributed by atoms with Crippen LogP contribution in [0.5, 0.6) is 5.88 Å². The zero-order chi connectivity index (χ0) is 7.68. The molecule has 0 saturated carbocycles. The second-order valence-corrected chi connectivity index (χ2v) is 2.95. The van der Waals surface area contributed by atoms with Gasteiger partial charge in [-0.3, -0.25) is 0 Å². The van der Waals surface area contributed by atoms with Gasteiger partial charge in [0.25, 0.3) is 0 Å². The van der Waals surface area contributed by atoms with Crippen molar-refractivity contribution in [2.75, 3.05) is 6.54 Å². The van der Waals surface area contributed by atoms with E-state index in [0.29, 0.717) is 6.04 Å². The number of hydrogen-bond acceptors (Lipinski definition) is 2. The highest BCUT2D eigenvalue weighted by molar-refractivity contribution is 5.19. The molecule has 1 aromatic rings. The van der Waals surface area contributed by atoms with Gasteiger partial charge in [-0.2, -0.15) is 0 Å². The quantitative estimate of drug-likeness (QED) is 0.565. The molecule has 1 saturated heterocycles. The summed E-state index contributed by atoms with van der Waals surface area (Å²) in [7, 11) is 0. The lowest BCUT2D eigenvalue weighted by molar-refractivity contribution is 0.453. The van der Waals surface area contributed by atoms with Crippen LogP contribution in [0.4, 0.5) is 0 Å². The van der Waals surface area contributed by atoms with Crippen LogP contribution in [0.2, 0.25) is 0 Å². The number of aromatic nitrogens is 1. The van der Waals surface area contributed by atoms with Gasteiger partial charge in [-0.05, 0) is 31.5 Å². The van der Waals surface area contributed by atoms with Crippen LogP contribution in [-0.2, 0) is 0 Å². The minimum Gasteiger partial charge on any atom is -0.495 e. The molecule has 1 atom stereocenters. The van der Waals surface area contributed by atoms with Crippen molar-refractivity contribution in [3.05, 3.63) is 17.8 Å². The molecule has 0 aliphatic carbocycles. The molecule has 60 valence electrons. The normalized spacial score (nSPS) is 24.2. The third-order valence-electron chi connectivity index (χ3n) is 2.13. The Kier molecular flexibility index (Phi) is 1.58. The summed E-state index contributed by atoms with van der Waals surface area (Å²) in [5.41, 5.74) is 1.10. The van der Waals surface area contributed by atoms with Crippen molar-refractivity contribution >= 4 is 0 Å². The lowest BCUT2D eigenvalue weighted by Gasteiger charge is -2.05. The van der Waals surface area contributed by atoms with Crippen LogP contribution in [0, 0.1) is 0 Å². The topological polar surface area (TPSA) is 48.0 Å². The van der Waals surface area contributed by atoms with Gasteiger partial charge >= 0.3 is 0 Å². The van der Waals surface area contributed by atoms with Gasteiger partial charge in [-0.1, -0.05) is 0 Å². The van der Waals surface area contributed by atoms with Crippen molar-refractivity contribution in [1.82, 2.24) is 10.3 Å². The smallest absolute Gasteiger partial charge is 0.188 e. The molecule has 1 fully saturated rings. The Morgan fingerprint density at radius 2 is 2.36 bits per heavy atom. The van der Waals surface area contributed by atoms with E-state index >= 15 is 0 Å². The number of nitrogens with one attached hydrogen (secondary N) is 2. The first-order valence-electron chi connectivity index (χ1n) is 3.97. The number of H-pyrrole nitrogens is 1. The molecule has 0 aromatic carbocycles. The lowest BCUT2D eigenvalue weighted by Crippen LogP contribution is -2.12. The van der Waals surface area contributed by atoms with E-state index in [4.69, 9.17) is 5.11 Å². The lowest BCUT2D eigenvalue weighted by atomic mass is 10.2. The van der Waals surface area contributed by atoms with E-state index in [1.54, 1.807) is 6.07 Å². The fourth-order valence-corrected chi connectivity index (χ4v) is 1.55. The molecule has 2 rings (SSSR count). The van der Waals surface area contributed by atoms with E-state index in [9.17, 15) is 0 Å². The highest BCUT2D eigenvalue weighted by atomic mass is 16.3. The molecule has 0 amide bonds. The molecule has 3 heteroatoms. The van der Waals surface area contributed by atoms with Crippen LogP contribution in [0.25, 0.3) is 0 Å². The largest absolute Gasteiger partial charge is 0.495 e.